The van der Waals surface area contributed by atoms with Gasteiger partial charge in [0.2, 0.25) is 11.8 Å². The summed E-state index contributed by atoms with van der Waals surface area (Å²) in [4.78, 5) is 45.4. The Kier molecular flexibility index (Phi) is 6.23. The molecule has 0 saturated carbocycles. The predicted molar refractivity (Wildman–Crippen MR) is 132 cm³/mol. The lowest BCUT2D eigenvalue weighted by molar-refractivity contribution is -0.138. The molecule has 1 aromatic heterocycles. The number of hydrogen-bond donors (Lipinski definition) is 1. The molecular weight excluding hydrogens is 448 g/mol. The first-order valence-corrected chi connectivity index (χ1v) is 11.6. The van der Waals surface area contributed by atoms with Crippen molar-refractivity contribution >= 4 is 17.6 Å². The van der Waals surface area contributed by atoms with Crippen LogP contribution in [0.25, 0.3) is 0 Å². The number of esters is 1. The molecule has 9 nitrogen and oxygen atoms in total. The minimum Gasteiger partial charge on any atom is -0.465 e. The molecule has 186 valence electrons. The summed E-state index contributed by atoms with van der Waals surface area (Å²) in [6.07, 6.45) is 0. The molecule has 1 unspecified atom stereocenters. The Morgan fingerprint density at radius 3 is 2.54 bits per heavy atom. The fourth-order valence-corrected chi connectivity index (χ4v) is 5.06. The number of aromatic nitrogens is 1. The number of rotatable bonds is 6. The number of hydrogen-bond acceptors (Lipinski definition) is 7. The minimum atomic E-state index is -1.78. The van der Waals surface area contributed by atoms with E-state index in [9.17, 15) is 14.4 Å². The average molecular weight is 481 g/mol. The average Bonchev–Trinajstić information content (AvgIpc) is 3.01. The van der Waals surface area contributed by atoms with Crippen molar-refractivity contribution in [3.8, 4) is 5.75 Å². The van der Waals surface area contributed by atoms with Crippen LogP contribution in [0.5, 0.6) is 5.75 Å². The lowest BCUT2D eigenvalue weighted by Crippen LogP contribution is -2.52. The Bertz CT molecular complexity index is 1290. The Morgan fingerprint density at radius 1 is 1.23 bits per heavy atom. The minimum absolute atomic E-state index is 0.0835. The number of amides is 1. The van der Waals surface area contributed by atoms with Gasteiger partial charge in [0.15, 0.2) is 0 Å². The molecule has 2 N–H and O–H groups in total. The summed E-state index contributed by atoms with van der Waals surface area (Å²) in [6, 6.07) is 8.90. The van der Waals surface area contributed by atoms with Crippen molar-refractivity contribution < 1.29 is 19.1 Å². The summed E-state index contributed by atoms with van der Waals surface area (Å²) in [7, 11) is 5.05. The van der Waals surface area contributed by atoms with E-state index in [0.717, 1.165) is 0 Å². The molecule has 2 aliphatic heterocycles. The van der Waals surface area contributed by atoms with Gasteiger partial charge in [-0.15, -0.1) is 0 Å². The summed E-state index contributed by atoms with van der Waals surface area (Å²) in [5.41, 5.74) is 5.85. The van der Waals surface area contributed by atoms with Crippen LogP contribution in [0.15, 0.2) is 46.6 Å². The van der Waals surface area contributed by atoms with E-state index in [1.807, 2.05) is 45.0 Å². The number of aryl methyl sites for hydroxylation is 1. The molecule has 1 atom stereocenters. The predicted octanol–water partition coefficient (Wildman–Crippen LogP) is 1.74. The van der Waals surface area contributed by atoms with Gasteiger partial charge in [-0.25, -0.2) is 4.79 Å². The number of ether oxygens (including phenoxy) is 2. The lowest BCUT2D eigenvalue weighted by Gasteiger charge is -2.36. The van der Waals surface area contributed by atoms with Gasteiger partial charge in [-0.1, -0.05) is 32.0 Å². The molecule has 35 heavy (non-hydrogen) atoms. The Hall–Kier alpha value is -3.59. The van der Waals surface area contributed by atoms with Crippen LogP contribution in [0.4, 0.5) is 5.69 Å². The van der Waals surface area contributed by atoms with Crippen molar-refractivity contribution in [3.05, 3.63) is 69.0 Å². The third-order valence-corrected chi connectivity index (χ3v) is 6.56. The highest BCUT2D eigenvalue weighted by molar-refractivity contribution is 6.18. The highest BCUT2D eigenvalue weighted by Crippen LogP contribution is 2.54. The van der Waals surface area contributed by atoms with Crippen LogP contribution in [0, 0.1) is 12.8 Å². The Morgan fingerprint density at radius 2 is 1.91 bits per heavy atom. The zero-order valence-electron chi connectivity index (χ0n) is 21.0. The number of benzene rings is 1. The number of likely N-dealkylation sites (N-methyl/N-ethyl adjacent to an activating group) is 1. The van der Waals surface area contributed by atoms with Gasteiger partial charge < -0.3 is 29.6 Å². The van der Waals surface area contributed by atoms with E-state index in [2.05, 4.69) is 0 Å². The Balaban J connectivity index is 2.12. The second-order valence-corrected chi connectivity index (χ2v) is 9.69. The van der Waals surface area contributed by atoms with E-state index in [1.165, 1.54) is 7.11 Å². The van der Waals surface area contributed by atoms with Crippen LogP contribution in [0.3, 0.4) is 0 Å². The monoisotopic (exact) mass is 480 g/mol. The summed E-state index contributed by atoms with van der Waals surface area (Å²) in [5.74, 6) is -1.17. The van der Waals surface area contributed by atoms with E-state index >= 15 is 0 Å². The van der Waals surface area contributed by atoms with Gasteiger partial charge in [-0.2, -0.15) is 0 Å². The molecule has 3 heterocycles. The highest BCUT2D eigenvalue weighted by Gasteiger charge is 2.62. The maximum absolute atomic E-state index is 14.4. The van der Waals surface area contributed by atoms with E-state index in [-0.39, 0.29) is 28.7 Å². The highest BCUT2D eigenvalue weighted by atomic mass is 16.5. The largest absolute Gasteiger partial charge is 0.465 e. The van der Waals surface area contributed by atoms with Crippen LogP contribution in [0.1, 0.15) is 30.7 Å². The van der Waals surface area contributed by atoms with Crippen molar-refractivity contribution in [2.75, 3.05) is 39.2 Å². The van der Waals surface area contributed by atoms with Gasteiger partial charge in [0.25, 0.3) is 5.56 Å². The number of fused-ring (bicyclic) bond motifs is 4. The van der Waals surface area contributed by atoms with Gasteiger partial charge in [0.05, 0.1) is 12.7 Å². The van der Waals surface area contributed by atoms with E-state index in [1.54, 1.807) is 34.6 Å². The molecule has 9 heteroatoms. The SMILES string of the molecule is COC(=O)C1=C(N)Oc2cc(C)n(CCN(C)C)c(=O)c2C12C(=O)N(CC(C)C)c1ccccc12. The van der Waals surface area contributed by atoms with Gasteiger partial charge in [-0.05, 0) is 33.0 Å². The Labute approximate surface area is 204 Å². The van der Waals surface area contributed by atoms with Gasteiger partial charge >= 0.3 is 5.97 Å². The van der Waals surface area contributed by atoms with Crippen LogP contribution in [0.2, 0.25) is 0 Å². The smallest absolute Gasteiger partial charge is 0.340 e. The third-order valence-electron chi connectivity index (χ3n) is 6.56. The maximum atomic E-state index is 14.4. The quantitative estimate of drug-likeness (QED) is 0.628. The zero-order chi connectivity index (χ0) is 25.7. The standard InChI is InChI=1S/C26H32N4O5/c1-15(2)14-30-18-10-8-7-9-17(18)26(25(30)33)20-19(35-22(27)21(26)24(32)34-6)13-16(3)29(23(20)31)12-11-28(4)5/h7-10,13,15H,11-12,14,27H2,1-6H3. The normalized spacial score (nSPS) is 18.9. The van der Waals surface area contributed by atoms with Crippen molar-refractivity contribution in [2.24, 2.45) is 11.7 Å². The molecule has 1 amide bonds. The summed E-state index contributed by atoms with van der Waals surface area (Å²) < 4.78 is 12.5. The second kappa shape index (κ2) is 8.88. The molecule has 0 aliphatic carbocycles. The summed E-state index contributed by atoms with van der Waals surface area (Å²) in [5, 5.41) is 0. The van der Waals surface area contributed by atoms with Crippen LogP contribution in [-0.4, -0.2) is 55.6 Å². The first kappa shape index (κ1) is 24.5. The molecular formula is C26H32N4O5. The maximum Gasteiger partial charge on any atom is 0.340 e. The fourth-order valence-electron chi connectivity index (χ4n) is 5.06. The first-order valence-electron chi connectivity index (χ1n) is 11.6. The number of nitrogens with zero attached hydrogens (tertiary/aromatic N) is 3. The van der Waals surface area contributed by atoms with Crippen molar-refractivity contribution in [1.82, 2.24) is 9.47 Å². The molecule has 2 aromatic rings. The number of nitrogens with two attached hydrogens (primary N) is 1. The number of anilines is 1. The molecule has 2 aliphatic rings. The third kappa shape index (κ3) is 3.61. The number of carbonyl (C=O) groups is 2. The molecule has 0 radical (unpaired) electrons. The molecule has 1 spiro atoms. The molecule has 1 aromatic carbocycles. The van der Waals surface area contributed by atoms with E-state index in [4.69, 9.17) is 15.2 Å². The van der Waals surface area contributed by atoms with Crippen molar-refractivity contribution in [3.63, 3.8) is 0 Å². The lowest BCUT2D eigenvalue weighted by atomic mass is 9.68. The fraction of sp³-hybridized carbons (Fsp3) is 0.423. The summed E-state index contributed by atoms with van der Waals surface area (Å²) in [6.45, 7) is 7.23. The van der Waals surface area contributed by atoms with Crippen molar-refractivity contribution in [1.29, 1.82) is 0 Å². The molecule has 0 saturated heterocycles. The van der Waals surface area contributed by atoms with Crippen LogP contribution < -0.4 is 20.9 Å². The number of methoxy groups -OCH3 is 1. The van der Waals surface area contributed by atoms with Crippen LogP contribution in [-0.2, 0) is 26.3 Å². The molecule has 0 fully saturated rings. The summed E-state index contributed by atoms with van der Waals surface area (Å²) >= 11 is 0. The zero-order valence-corrected chi connectivity index (χ0v) is 21.0. The van der Waals surface area contributed by atoms with E-state index in [0.29, 0.717) is 36.6 Å². The molecule has 4 rings (SSSR count). The van der Waals surface area contributed by atoms with Gasteiger partial charge in [0.1, 0.15) is 16.7 Å². The molecule has 0 bridgehead atoms. The van der Waals surface area contributed by atoms with Gasteiger partial charge in [0, 0.05) is 42.6 Å². The van der Waals surface area contributed by atoms with Crippen molar-refractivity contribution in [2.45, 2.75) is 32.7 Å². The number of para-hydroxylation sites is 1. The number of carbonyl (C=O) groups excluding carboxylic acids is 2. The first-order chi connectivity index (χ1) is 16.5. The second-order valence-electron chi connectivity index (χ2n) is 9.69. The van der Waals surface area contributed by atoms with E-state index < -0.39 is 22.9 Å². The van der Waals surface area contributed by atoms with Gasteiger partial charge in [-0.3, -0.25) is 9.59 Å². The topological polar surface area (TPSA) is 107 Å². The number of pyridine rings is 1. The van der Waals surface area contributed by atoms with Crippen LogP contribution >= 0.6 is 0 Å².